The van der Waals surface area contributed by atoms with Gasteiger partial charge in [-0.3, -0.25) is 4.79 Å². The highest BCUT2D eigenvalue weighted by atomic mass is 32.2. The lowest BCUT2D eigenvalue weighted by molar-refractivity contribution is -0.121. The Bertz CT molecular complexity index is 902. The van der Waals surface area contributed by atoms with Crippen molar-refractivity contribution in [2.75, 3.05) is 0 Å². The lowest BCUT2D eigenvalue weighted by Crippen LogP contribution is -2.40. The predicted molar refractivity (Wildman–Crippen MR) is 108 cm³/mol. The van der Waals surface area contributed by atoms with Gasteiger partial charge in [-0.15, -0.1) is 0 Å². The number of carbonyl (C=O) groups excluding carboxylic acids is 1. The smallest absolute Gasteiger partial charge is 0.241 e. The summed E-state index contributed by atoms with van der Waals surface area (Å²) in [7, 11) is -3.57. The van der Waals surface area contributed by atoms with Gasteiger partial charge in [0.05, 0.1) is 10.9 Å². The number of hydrogen-bond acceptors (Lipinski definition) is 3. The number of rotatable bonds is 7. The summed E-state index contributed by atoms with van der Waals surface area (Å²) in [5.74, 6) is -0.437. The van der Waals surface area contributed by atoms with Crippen molar-refractivity contribution < 1.29 is 17.6 Å². The fourth-order valence-electron chi connectivity index (χ4n) is 2.70. The maximum atomic E-state index is 13.0. The van der Waals surface area contributed by atoms with E-state index in [-0.39, 0.29) is 29.1 Å². The fourth-order valence-corrected chi connectivity index (χ4v) is 4.12. The minimum Gasteiger partial charge on any atom is -0.350 e. The average molecular weight is 407 g/mol. The Morgan fingerprint density at radius 1 is 1.04 bits per heavy atom. The van der Waals surface area contributed by atoms with Crippen LogP contribution in [0.25, 0.3) is 0 Å². The summed E-state index contributed by atoms with van der Waals surface area (Å²) < 4.78 is 40.2. The first-order valence-electron chi connectivity index (χ1n) is 9.14. The number of benzene rings is 2. The molecule has 0 unspecified atom stereocenters. The number of sulfonamides is 1. The van der Waals surface area contributed by atoms with Crippen molar-refractivity contribution in [3.8, 4) is 0 Å². The molecule has 0 saturated carbocycles. The SMILES string of the molecule is C[C@H](NC(=O)CCc1ccc(S(=O)(=O)NC(C)(C)C)cc1)c1ccc(F)cc1. The highest BCUT2D eigenvalue weighted by Crippen LogP contribution is 2.16. The summed E-state index contributed by atoms with van der Waals surface area (Å²) in [6.07, 6.45) is 0.771. The van der Waals surface area contributed by atoms with Gasteiger partial charge in [-0.1, -0.05) is 24.3 Å². The number of nitrogens with one attached hydrogen (secondary N) is 2. The van der Waals surface area contributed by atoms with E-state index in [9.17, 15) is 17.6 Å². The molecule has 0 spiro atoms. The minimum absolute atomic E-state index is 0.122. The zero-order chi connectivity index (χ0) is 20.9. The van der Waals surface area contributed by atoms with Crippen LogP contribution in [0.3, 0.4) is 0 Å². The summed E-state index contributed by atoms with van der Waals surface area (Å²) in [5.41, 5.74) is 1.14. The van der Waals surface area contributed by atoms with Crippen molar-refractivity contribution in [1.29, 1.82) is 0 Å². The molecule has 1 amide bonds. The molecule has 7 heteroatoms. The van der Waals surface area contributed by atoms with Gasteiger partial charge in [0.15, 0.2) is 0 Å². The van der Waals surface area contributed by atoms with Crippen LogP contribution in [0, 0.1) is 5.82 Å². The van der Waals surface area contributed by atoms with Gasteiger partial charge in [-0.25, -0.2) is 17.5 Å². The minimum atomic E-state index is -3.57. The molecule has 152 valence electrons. The Morgan fingerprint density at radius 3 is 2.14 bits per heavy atom. The molecule has 0 aliphatic heterocycles. The van der Waals surface area contributed by atoms with Crippen molar-refractivity contribution in [2.24, 2.45) is 0 Å². The fraction of sp³-hybridized carbons (Fsp3) is 0.381. The molecule has 0 bridgehead atoms. The van der Waals surface area contributed by atoms with Crippen molar-refractivity contribution >= 4 is 15.9 Å². The quantitative estimate of drug-likeness (QED) is 0.736. The normalized spacial score (nSPS) is 13.2. The Morgan fingerprint density at radius 2 is 1.61 bits per heavy atom. The van der Waals surface area contributed by atoms with Crippen LogP contribution in [0.5, 0.6) is 0 Å². The maximum Gasteiger partial charge on any atom is 0.241 e. The van der Waals surface area contributed by atoms with Crippen molar-refractivity contribution in [3.63, 3.8) is 0 Å². The van der Waals surface area contributed by atoms with Crippen molar-refractivity contribution in [2.45, 2.75) is 57.0 Å². The van der Waals surface area contributed by atoms with Crippen LogP contribution in [0.2, 0.25) is 0 Å². The second-order valence-electron chi connectivity index (χ2n) is 7.84. The zero-order valence-corrected chi connectivity index (χ0v) is 17.4. The van der Waals surface area contributed by atoms with E-state index in [4.69, 9.17) is 0 Å². The van der Waals surface area contributed by atoms with Gasteiger partial charge < -0.3 is 5.32 Å². The maximum absolute atomic E-state index is 13.0. The molecular formula is C21H27FN2O3S. The number of amides is 1. The van der Waals surface area contributed by atoms with Gasteiger partial charge in [-0.05, 0) is 69.5 Å². The molecule has 5 nitrogen and oxygen atoms in total. The van der Waals surface area contributed by atoms with Gasteiger partial charge in [-0.2, -0.15) is 0 Å². The monoisotopic (exact) mass is 406 g/mol. The first-order chi connectivity index (χ1) is 13.0. The third kappa shape index (κ3) is 6.73. The van der Waals surface area contributed by atoms with Gasteiger partial charge in [0.25, 0.3) is 0 Å². The van der Waals surface area contributed by atoms with Crippen LogP contribution in [0.1, 0.15) is 51.3 Å². The molecule has 2 aromatic carbocycles. The van der Waals surface area contributed by atoms with E-state index >= 15 is 0 Å². The molecule has 0 saturated heterocycles. The Balaban J connectivity index is 1.90. The summed E-state index contributed by atoms with van der Waals surface area (Å²) in [4.78, 5) is 12.4. The summed E-state index contributed by atoms with van der Waals surface area (Å²) in [5, 5.41) is 2.88. The first-order valence-corrected chi connectivity index (χ1v) is 10.6. The number of aryl methyl sites for hydroxylation is 1. The predicted octanol–water partition coefficient (Wildman–Crippen LogP) is 3.71. The van der Waals surface area contributed by atoms with Crippen LogP contribution in [-0.4, -0.2) is 19.9 Å². The van der Waals surface area contributed by atoms with Crippen LogP contribution >= 0.6 is 0 Å². The Labute approximate surface area is 166 Å². The molecular weight excluding hydrogens is 379 g/mol. The van der Waals surface area contributed by atoms with E-state index in [0.29, 0.717) is 6.42 Å². The van der Waals surface area contributed by atoms with Crippen LogP contribution < -0.4 is 10.0 Å². The van der Waals surface area contributed by atoms with E-state index < -0.39 is 15.6 Å². The third-order valence-electron chi connectivity index (χ3n) is 4.06. The molecule has 0 aliphatic rings. The van der Waals surface area contributed by atoms with E-state index in [1.165, 1.54) is 12.1 Å². The van der Waals surface area contributed by atoms with E-state index in [1.807, 2.05) is 6.92 Å². The molecule has 0 aliphatic carbocycles. The van der Waals surface area contributed by atoms with E-state index in [0.717, 1.165) is 11.1 Å². The van der Waals surface area contributed by atoms with Crippen LogP contribution in [0.15, 0.2) is 53.4 Å². The molecule has 0 heterocycles. The molecule has 1 atom stereocenters. The number of hydrogen-bond donors (Lipinski definition) is 2. The van der Waals surface area contributed by atoms with Gasteiger partial charge in [0, 0.05) is 12.0 Å². The number of carbonyl (C=O) groups is 1. The van der Waals surface area contributed by atoms with Gasteiger partial charge >= 0.3 is 0 Å². The highest BCUT2D eigenvalue weighted by Gasteiger charge is 2.21. The molecule has 2 rings (SSSR count). The topological polar surface area (TPSA) is 75.3 Å². The van der Waals surface area contributed by atoms with Gasteiger partial charge in [0.2, 0.25) is 15.9 Å². The Kier molecular flexibility index (Phi) is 6.96. The van der Waals surface area contributed by atoms with Crippen molar-refractivity contribution in [3.05, 3.63) is 65.5 Å². The third-order valence-corrected chi connectivity index (χ3v) is 5.84. The summed E-state index contributed by atoms with van der Waals surface area (Å²) in [6.45, 7) is 7.19. The highest BCUT2D eigenvalue weighted by molar-refractivity contribution is 7.89. The second-order valence-corrected chi connectivity index (χ2v) is 9.52. The van der Waals surface area contributed by atoms with E-state index in [1.54, 1.807) is 57.2 Å². The first kappa shape index (κ1) is 22.0. The molecule has 0 aromatic heterocycles. The lowest BCUT2D eigenvalue weighted by Gasteiger charge is -2.20. The van der Waals surface area contributed by atoms with Crippen LogP contribution in [0.4, 0.5) is 4.39 Å². The summed E-state index contributed by atoms with van der Waals surface area (Å²) >= 11 is 0. The standard InChI is InChI=1S/C21H27FN2O3S/c1-15(17-8-10-18(22)11-9-17)23-20(25)14-7-16-5-12-19(13-6-16)28(26,27)24-21(2,3)4/h5-6,8-13,15,24H,7,14H2,1-4H3,(H,23,25)/t15-/m0/s1. The second kappa shape index (κ2) is 8.84. The summed E-state index contributed by atoms with van der Waals surface area (Å²) in [6, 6.07) is 12.3. The van der Waals surface area contributed by atoms with Crippen LogP contribution in [-0.2, 0) is 21.2 Å². The molecule has 2 N–H and O–H groups in total. The molecule has 28 heavy (non-hydrogen) atoms. The Hall–Kier alpha value is -2.25. The molecule has 0 fully saturated rings. The van der Waals surface area contributed by atoms with E-state index in [2.05, 4.69) is 10.0 Å². The zero-order valence-electron chi connectivity index (χ0n) is 16.6. The lowest BCUT2D eigenvalue weighted by atomic mass is 10.1. The largest absolute Gasteiger partial charge is 0.350 e. The average Bonchev–Trinajstić information content (AvgIpc) is 2.59. The van der Waals surface area contributed by atoms with Gasteiger partial charge in [0.1, 0.15) is 5.82 Å². The molecule has 2 aromatic rings. The number of halogens is 1. The molecule has 0 radical (unpaired) electrons. The van der Waals surface area contributed by atoms with Crippen molar-refractivity contribution in [1.82, 2.24) is 10.0 Å².